The Morgan fingerprint density at radius 2 is 1.00 bits per heavy atom. The van der Waals surface area contributed by atoms with Crippen molar-refractivity contribution in [1.82, 2.24) is 5.32 Å². The summed E-state index contributed by atoms with van der Waals surface area (Å²) in [5, 5.41) is 3.57. The van der Waals surface area contributed by atoms with Crippen LogP contribution in [-0.4, -0.2) is 26.2 Å². The van der Waals surface area contributed by atoms with Crippen molar-refractivity contribution in [3.05, 3.63) is 0 Å². The summed E-state index contributed by atoms with van der Waals surface area (Å²) in [5.74, 6) is 1.41. The number of unbranched alkanes of at least 4 members (excludes halogenated alkanes) is 6. The first-order valence-electron chi connectivity index (χ1n) is 9.31. The minimum atomic E-state index is 0.705. The second-order valence-corrected chi connectivity index (χ2v) is 6.84. The summed E-state index contributed by atoms with van der Waals surface area (Å²) in [4.78, 5) is 0. The molecule has 21 heavy (non-hydrogen) atoms. The lowest BCUT2D eigenvalue weighted by Gasteiger charge is -2.08. The molecular weight excluding hydrogens is 258 g/mol. The normalized spacial score (nSPS) is 14.3. The summed E-state index contributed by atoms with van der Waals surface area (Å²) in [5.41, 5.74) is 11.2. The largest absolute Gasteiger partial charge is 0.330 e. The van der Waals surface area contributed by atoms with Gasteiger partial charge in [-0.15, -0.1) is 0 Å². The molecule has 3 nitrogen and oxygen atoms in total. The first-order valence-corrected chi connectivity index (χ1v) is 9.31. The monoisotopic (exact) mass is 299 g/mol. The van der Waals surface area contributed by atoms with Crippen molar-refractivity contribution in [2.75, 3.05) is 26.2 Å². The van der Waals surface area contributed by atoms with Gasteiger partial charge >= 0.3 is 0 Å². The molecule has 0 saturated heterocycles. The average Bonchev–Trinajstić information content (AvgIpc) is 2.51. The molecule has 0 fully saturated rings. The molecule has 0 aliphatic heterocycles. The molecule has 0 amide bonds. The molecule has 3 heteroatoms. The van der Waals surface area contributed by atoms with Crippen molar-refractivity contribution in [1.29, 1.82) is 0 Å². The number of nitrogens with two attached hydrogens (primary N) is 2. The lowest BCUT2D eigenvalue weighted by atomic mass is 10.0. The molecule has 128 valence electrons. The Hall–Kier alpha value is -0.120. The third kappa shape index (κ3) is 16.1. The molecule has 0 aromatic heterocycles. The predicted molar refractivity (Wildman–Crippen MR) is 95.5 cm³/mol. The lowest BCUT2D eigenvalue weighted by molar-refractivity contribution is 0.481. The van der Waals surface area contributed by atoms with Gasteiger partial charge in [-0.05, 0) is 63.7 Å². The maximum Gasteiger partial charge on any atom is -0.00489 e. The van der Waals surface area contributed by atoms with Crippen LogP contribution in [0.5, 0.6) is 0 Å². The summed E-state index contributed by atoms with van der Waals surface area (Å²) < 4.78 is 0. The Kier molecular flexibility index (Phi) is 16.2. The van der Waals surface area contributed by atoms with Crippen LogP contribution in [0.4, 0.5) is 0 Å². The summed E-state index contributed by atoms with van der Waals surface area (Å²) >= 11 is 0. The first kappa shape index (κ1) is 20.9. The molecule has 0 aromatic rings. The number of hydrogen-bond acceptors (Lipinski definition) is 3. The maximum absolute atomic E-state index is 5.62. The fraction of sp³-hybridized carbons (Fsp3) is 1.00. The van der Waals surface area contributed by atoms with Gasteiger partial charge < -0.3 is 16.8 Å². The lowest BCUT2D eigenvalue weighted by Crippen LogP contribution is -2.16. The average molecular weight is 300 g/mol. The molecule has 0 heterocycles. The Morgan fingerprint density at radius 1 is 0.619 bits per heavy atom. The van der Waals surface area contributed by atoms with Crippen LogP contribution >= 0.6 is 0 Å². The molecule has 0 aromatic carbocycles. The molecule has 0 radical (unpaired) electrons. The molecular formula is C18H41N3. The highest BCUT2D eigenvalue weighted by Crippen LogP contribution is 2.10. The van der Waals surface area contributed by atoms with Crippen molar-refractivity contribution in [2.45, 2.75) is 78.1 Å². The van der Waals surface area contributed by atoms with E-state index in [1.165, 1.54) is 77.3 Å². The van der Waals surface area contributed by atoms with Crippen molar-refractivity contribution in [3.8, 4) is 0 Å². The number of rotatable bonds is 16. The van der Waals surface area contributed by atoms with E-state index in [0.717, 1.165) is 13.1 Å². The third-order valence-corrected chi connectivity index (χ3v) is 4.41. The van der Waals surface area contributed by atoms with Gasteiger partial charge in [0.1, 0.15) is 0 Å². The fourth-order valence-corrected chi connectivity index (χ4v) is 2.55. The van der Waals surface area contributed by atoms with Gasteiger partial charge in [-0.2, -0.15) is 0 Å². The Bertz CT molecular complexity index is 177. The van der Waals surface area contributed by atoms with E-state index in [9.17, 15) is 0 Å². The van der Waals surface area contributed by atoms with E-state index >= 15 is 0 Å². The van der Waals surface area contributed by atoms with E-state index in [-0.39, 0.29) is 0 Å². The smallest absolute Gasteiger partial charge is 0.00489 e. The van der Waals surface area contributed by atoms with E-state index in [4.69, 9.17) is 11.5 Å². The van der Waals surface area contributed by atoms with E-state index in [1.54, 1.807) is 0 Å². The molecule has 2 unspecified atom stereocenters. The van der Waals surface area contributed by atoms with Crippen LogP contribution in [0.1, 0.15) is 78.1 Å². The van der Waals surface area contributed by atoms with Crippen molar-refractivity contribution in [2.24, 2.45) is 23.3 Å². The molecule has 0 bridgehead atoms. The standard InChI is InChI=1S/C18H41N3/c1-17(15-19)11-7-3-5-9-13-21-14-10-6-4-8-12-18(2)16-20/h17-18,21H,3-16,19-20H2,1-2H3. The number of nitrogens with one attached hydrogen (secondary N) is 1. The van der Waals surface area contributed by atoms with Gasteiger partial charge in [-0.1, -0.05) is 52.4 Å². The second-order valence-electron chi connectivity index (χ2n) is 6.84. The molecule has 0 aliphatic rings. The molecule has 0 spiro atoms. The van der Waals surface area contributed by atoms with Crippen LogP contribution in [0.3, 0.4) is 0 Å². The van der Waals surface area contributed by atoms with Gasteiger partial charge in [-0.25, -0.2) is 0 Å². The van der Waals surface area contributed by atoms with Gasteiger partial charge in [0.25, 0.3) is 0 Å². The molecule has 2 atom stereocenters. The van der Waals surface area contributed by atoms with Crippen LogP contribution in [0, 0.1) is 11.8 Å². The highest BCUT2D eigenvalue weighted by molar-refractivity contribution is 4.56. The predicted octanol–water partition coefficient (Wildman–Crippen LogP) is 3.67. The quantitative estimate of drug-likeness (QED) is 0.381. The molecule has 5 N–H and O–H groups in total. The van der Waals surface area contributed by atoms with Crippen LogP contribution in [0.15, 0.2) is 0 Å². The minimum absolute atomic E-state index is 0.705. The summed E-state index contributed by atoms with van der Waals surface area (Å²) in [6.45, 7) is 8.56. The van der Waals surface area contributed by atoms with Crippen molar-refractivity contribution < 1.29 is 0 Å². The van der Waals surface area contributed by atoms with Crippen molar-refractivity contribution in [3.63, 3.8) is 0 Å². The molecule has 0 aliphatic carbocycles. The summed E-state index contributed by atoms with van der Waals surface area (Å²) in [6, 6.07) is 0. The van der Waals surface area contributed by atoms with Gasteiger partial charge in [0.15, 0.2) is 0 Å². The summed E-state index contributed by atoms with van der Waals surface area (Å²) in [6.07, 6.45) is 13.4. The van der Waals surface area contributed by atoms with E-state index < -0.39 is 0 Å². The van der Waals surface area contributed by atoms with Gasteiger partial charge in [0.2, 0.25) is 0 Å². The summed E-state index contributed by atoms with van der Waals surface area (Å²) in [7, 11) is 0. The van der Waals surface area contributed by atoms with Gasteiger partial charge in [0, 0.05) is 0 Å². The molecule has 0 saturated carbocycles. The van der Waals surface area contributed by atoms with Crippen molar-refractivity contribution >= 4 is 0 Å². The number of hydrogen-bond donors (Lipinski definition) is 3. The van der Waals surface area contributed by atoms with E-state index in [0.29, 0.717) is 11.8 Å². The molecule has 0 rings (SSSR count). The van der Waals surface area contributed by atoms with Gasteiger partial charge in [-0.3, -0.25) is 0 Å². The zero-order chi connectivity index (χ0) is 15.8. The first-order chi connectivity index (χ1) is 10.2. The SMILES string of the molecule is CC(CN)CCCCCCNCCCCCCC(C)CN. The van der Waals surface area contributed by atoms with E-state index in [1.807, 2.05) is 0 Å². The maximum atomic E-state index is 5.62. The third-order valence-electron chi connectivity index (χ3n) is 4.41. The minimum Gasteiger partial charge on any atom is -0.330 e. The highest BCUT2D eigenvalue weighted by atomic mass is 14.8. The van der Waals surface area contributed by atoms with Crippen LogP contribution in [-0.2, 0) is 0 Å². The Balaban J connectivity index is 3.03. The fourth-order valence-electron chi connectivity index (χ4n) is 2.55. The van der Waals surface area contributed by atoms with E-state index in [2.05, 4.69) is 19.2 Å². The zero-order valence-corrected chi connectivity index (χ0v) is 14.7. The van der Waals surface area contributed by atoms with Crippen LogP contribution < -0.4 is 16.8 Å². The zero-order valence-electron chi connectivity index (χ0n) is 14.7. The van der Waals surface area contributed by atoms with Gasteiger partial charge in [0.05, 0.1) is 0 Å². The van der Waals surface area contributed by atoms with Crippen LogP contribution in [0.25, 0.3) is 0 Å². The van der Waals surface area contributed by atoms with Crippen LogP contribution in [0.2, 0.25) is 0 Å². The second kappa shape index (κ2) is 16.3. The Morgan fingerprint density at radius 3 is 1.38 bits per heavy atom. The topological polar surface area (TPSA) is 64.1 Å². The Labute approximate surface area is 133 Å². The highest BCUT2D eigenvalue weighted by Gasteiger charge is 1.99.